The summed E-state index contributed by atoms with van der Waals surface area (Å²) in [4.78, 5) is 20.5. The third-order valence-electron chi connectivity index (χ3n) is 5.08. The molecular weight excluding hydrogens is 307 g/mol. The minimum atomic E-state index is -0.222. The summed E-state index contributed by atoms with van der Waals surface area (Å²) in [5.74, 6) is -0.222. The third-order valence-corrected chi connectivity index (χ3v) is 5.08. The SMILES string of the molecule is O=C1NCCN1C1CCN(Cc2ccc(F)c3cccnc23)CC1. The number of aromatic nitrogens is 1. The van der Waals surface area contributed by atoms with Crippen molar-refractivity contribution in [2.24, 2.45) is 0 Å². The highest BCUT2D eigenvalue weighted by molar-refractivity contribution is 5.82. The van der Waals surface area contributed by atoms with E-state index in [4.69, 9.17) is 0 Å². The number of piperidine rings is 1. The Balaban J connectivity index is 1.44. The minimum Gasteiger partial charge on any atom is -0.336 e. The molecule has 1 aromatic heterocycles. The van der Waals surface area contributed by atoms with Crippen molar-refractivity contribution in [3.8, 4) is 0 Å². The zero-order valence-electron chi connectivity index (χ0n) is 13.5. The molecule has 0 radical (unpaired) electrons. The van der Waals surface area contributed by atoms with Gasteiger partial charge in [-0.3, -0.25) is 9.88 Å². The van der Waals surface area contributed by atoms with Crippen molar-refractivity contribution >= 4 is 16.9 Å². The first kappa shape index (κ1) is 15.3. The Morgan fingerprint density at radius 2 is 2.04 bits per heavy atom. The maximum absolute atomic E-state index is 13.9. The van der Waals surface area contributed by atoms with Crippen LogP contribution < -0.4 is 5.32 Å². The number of urea groups is 1. The van der Waals surface area contributed by atoms with Crippen LogP contribution in [0.2, 0.25) is 0 Å². The lowest BCUT2D eigenvalue weighted by molar-refractivity contribution is 0.132. The first-order valence-corrected chi connectivity index (χ1v) is 8.51. The molecule has 0 aliphatic carbocycles. The molecule has 4 rings (SSSR count). The second-order valence-corrected chi connectivity index (χ2v) is 6.54. The van der Waals surface area contributed by atoms with Gasteiger partial charge >= 0.3 is 6.03 Å². The maximum Gasteiger partial charge on any atom is 0.317 e. The van der Waals surface area contributed by atoms with E-state index in [9.17, 15) is 9.18 Å². The van der Waals surface area contributed by atoms with Crippen molar-refractivity contribution < 1.29 is 9.18 Å². The number of halogens is 1. The molecule has 5 nitrogen and oxygen atoms in total. The fourth-order valence-electron chi connectivity index (χ4n) is 3.79. The van der Waals surface area contributed by atoms with Crippen molar-refractivity contribution in [2.75, 3.05) is 26.2 Å². The Morgan fingerprint density at radius 3 is 2.79 bits per heavy atom. The van der Waals surface area contributed by atoms with E-state index in [0.29, 0.717) is 11.4 Å². The van der Waals surface area contributed by atoms with Gasteiger partial charge in [-0.1, -0.05) is 6.07 Å². The number of amides is 2. The monoisotopic (exact) mass is 328 g/mol. The van der Waals surface area contributed by atoms with Crippen molar-refractivity contribution in [1.29, 1.82) is 0 Å². The summed E-state index contributed by atoms with van der Waals surface area (Å²) >= 11 is 0. The van der Waals surface area contributed by atoms with E-state index in [1.807, 2.05) is 11.0 Å². The van der Waals surface area contributed by atoms with E-state index in [1.165, 1.54) is 6.07 Å². The van der Waals surface area contributed by atoms with Gasteiger partial charge in [0.25, 0.3) is 0 Å². The van der Waals surface area contributed by atoms with Crippen LogP contribution in [-0.2, 0) is 6.54 Å². The number of carbonyl (C=O) groups is 1. The molecule has 2 fully saturated rings. The molecule has 2 aliphatic heterocycles. The second kappa shape index (κ2) is 6.36. The molecule has 2 amide bonds. The van der Waals surface area contributed by atoms with Crippen LogP contribution in [0.15, 0.2) is 30.5 Å². The number of carbonyl (C=O) groups excluding carboxylic acids is 1. The highest BCUT2D eigenvalue weighted by atomic mass is 19.1. The fraction of sp³-hybridized carbons (Fsp3) is 0.444. The number of likely N-dealkylation sites (tertiary alicyclic amines) is 1. The molecule has 0 unspecified atom stereocenters. The van der Waals surface area contributed by atoms with E-state index in [1.54, 1.807) is 18.3 Å². The Kier molecular flexibility index (Phi) is 4.06. The van der Waals surface area contributed by atoms with E-state index >= 15 is 0 Å². The molecule has 2 aliphatic rings. The number of benzene rings is 1. The fourth-order valence-corrected chi connectivity index (χ4v) is 3.79. The van der Waals surface area contributed by atoms with Crippen molar-refractivity contribution in [1.82, 2.24) is 20.1 Å². The highest BCUT2D eigenvalue weighted by Crippen LogP contribution is 2.24. The molecule has 1 N–H and O–H groups in total. The predicted octanol–water partition coefficient (Wildman–Crippen LogP) is 2.36. The first-order chi connectivity index (χ1) is 11.7. The van der Waals surface area contributed by atoms with Crippen LogP contribution in [0.3, 0.4) is 0 Å². The van der Waals surface area contributed by atoms with Gasteiger partial charge in [-0.25, -0.2) is 9.18 Å². The van der Waals surface area contributed by atoms with Gasteiger partial charge in [-0.2, -0.15) is 0 Å². The highest BCUT2D eigenvalue weighted by Gasteiger charge is 2.30. The molecule has 0 bridgehead atoms. The van der Waals surface area contributed by atoms with Gasteiger partial charge in [0, 0.05) is 50.3 Å². The average Bonchev–Trinajstić information content (AvgIpc) is 3.04. The number of rotatable bonds is 3. The summed E-state index contributed by atoms with van der Waals surface area (Å²) in [6.07, 6.45) is 3.68. The smallest absolute Gasteiger partial charge is 0.317 e. The molecule has 0 saturated carbocycles. The molecule has 0 atom stereocenters. The molecule has 126 valence electrons. The zero-order valence-corrected chi connectivity index (χ0v) is 13.5. The summed E-state index contributed by atoms with van der Waals surface area (Å²) in [6.45, 7) is 4.23. The molecule has 0 spiro atoms. The molecule has 2 saturated heterocycles. The Bertz CT molecular complexity index is 758. The van der Waals surface area contributed by atoms with Crippen LogP contribution in [0.5, 0.6) is 0 Å². The van der Waals surface area contributed by atoms with E-state index in [2.05, 4.69) is 15.2 Å². The van der Waals surface area contributed by atoms with E-state index in [-0.39, 0.29) is 11.8 Å². The molecular formula is C18H21FN4O. The van der Waals surface area contributed by atoms with Gasteiger partial charge in [0.15, 0.2) is 0 Å². The topological polar surface area (TPSA) is 48.5 Å². The van der Waals surface area contributed by atoms with E-state index < -0.39 is 0 Å². The van der Waals surface area contributed by atoms with Gasteiger partial charge < -0.3 is 10.2 Å². The molecule has 1 aromatic carbocycles. The van der Waals surface area contributed by atoms with Gasteiger partial charge in [0.1, 0.15) is 5.82 Å². The molecule has 2 aromatic rings. The van der Waals surface area contributed by atoms with E-state index in [0.717, 1.165) is 56.6 Å². The average molecular weight is 328 g/mol. The lowest BCUT2D eigenvalue weighted by Crippen LogP contribution is -2.45. The van der Waals surface area contributed by atoms with Gasteiger partial charge in [0.05, 0.1) is 5.52 Å². The van der Waals surface area contributed by atoms with Crippen molar-refractivity contribution in [2.45, 2.75) is 25.4 Å². The Morgan fingerprint density at radius 1 is 1.21 bits per heavy atom. The summed E-state index contributed by atoms with van der Waals surface area (Å²) in [6, 6.07) is 7.32. The predicted molar refractivity (Wildman–Crippen MR) is 90.1 cm³/mol. The minimum absolute atomic E-state index is 0.0715. The van der Waals surface area contributed by atoms with Crippen LogP contribution in [0.4, 0.5) is 9.18 Å². The van der Waals surface area contributed by atoms with Crippen molar-refractivity contribution in [3.63, 3.8) is 0 Å². The second-order valence-electron chi connectivity index (χ2n) is 6.54. The Hall–Kier alpha value is -2.21. The lowest BCUT2D eigenvalue weighted by Gasteiger charge is -2.36. The Labute approximate surface area is 140 Å². The molecule has 24 heavy (non-hydrogen) atoms. The van der Waals surface area contributed by atoms with Crippen LogP contribution in [0.1, 0.15) is 18.4 Å². The largest absolute Gasteiger partial charge is 0.336 e. The number of nitrogens with zero attached hydrogens (tertiary/aromatic N) is 3. The standard InChI is InChI=1S/C18H21FN4O/c19-16-4-3-13(17-15(16)2-1-7-20-17)12-22-9-5-14(6-10-22)23-11-8-21-18(23)24/h1-4,7,14H,5-6,8-12H2,(H,21,24). The summed E-state index contributed by atoms with van der Waals surface area (Å²) in [5.41, 5.74) is 1.81. The number of hydrogen-bond donors (Lipinski definition) is 1. The van der Waals surface area contributed by atoms with Crippen LogP contribution >= 0.6 is 0 Å². The van der Waals surface area contributed by atoms with Crippen LogP contribution in [-0.4, -0.2) is 53.0 Å². The number of fused-ring (bicyclic) bond motifs is 1. The molecule has 3 heterocycles. The zero-order chi connectivity index (χ0) is 16.5. The van der Waals surface area contributed by atoms with Gasteiger partial charge in [-0.05, 0) is 36.6 Å². The van der Waals surface area contributed by atoms with Crippen LogP contribution in [0.25, 0.3) is 10.9 Å². The van der Waals surface area contributed by atoms with Gasteiger partial charge in [-0.15, -0.1) is 0 Å². The van der Waals surface area contributed by atoms with Crippen molar-refractivity contribution in [3.05, 3.63) is 41.8 Å². The first-order valence-electron chi connectivity index (χ1n) is 8.51. The normalized spacial score (nSPS) is 19.9. The third kappa shape index (κ3) is 2.82. The van der Waals surface area contributed by atoms with Crippen LogP contribution in [0, 0.1) is 5.82 Å². The number of nitrogens with one attached hydrogen (secondary N) is 1. The lowest BCUT2D eigenvalue weighted by atomic mass is 10.0. The number of pyridine rings is 1. The maximum atomic E-state index is 13.9. The quantitative estimate of drug-likeness (QED) is 0.941. The summed E-state index contributed by atoms with van der Waals surface area (Å²) in [5, 5.41) is 3.46. The van der Waals surface area contributed by atoms with Gasteiger partial charge in [0.2, 0.25) is 0 Å². The molecule has 6 heteroatoms. The number of hydrogen-bond acceptors (Lipinski definition) is 3. The summed E-state index contributed by atoms with van der Waals surface area (Å²) in [7, 11) is 0. The summed E-state index contributed by atoms with van der Waals surface area (Å²) < 4.78 is 13.9.